The summed E-state index contributed by atoms with van der Waals surface area (Å²) < 4.78 is 16.5. The molecule has 6 heteroatoms. The Kier molecular flexibility index (Phi) is 5.55. The number of ether oxygens (including phenoxy) is 3. The maximum Gasteiger partial charge on any atom is 0.251 e. The van der Waals surface area contributed by atoms with Crippen LogP contribution in [0.5, 0.6) is 11.5 Å². The number of fused-ring (bicyclic) bond motifs is 1. The fourth-order valence-electron chi connectivity index (χ4n) is 3.42. The highest BCUT2D eigenvalue weighted by Gasteiger charge is 2.21. The second-order valence-electron chi connectivity index (χ2n) is 6.75. The summed E-state index contributed by atoms with van der Waals surface area (Å²) in [5, 5.41) is 2.98. The standard InChI is InChI=1S/C21H24N2O4/c24-21(17-7-8-18-19(13-17)27-15-26-18)22-9-4-10-23-11-12-25-20(14-23)16-5-2-1-3-6-16/h1-3,5-8,13,20H,4,9-12,14-15H2,(H,22,24)/t20-/m1/s1. The van der Waals surface area contributed by atoms with E-state index in [9.17, 15) is 4.79 Å². The number of morpholine rings is 1. The smallest absolute Gasteiger partial charge is 0.251 e. The van der Waals surface area contributed by atoms with Gasteiger partial charge in [0.1, 0.15) is 0 Å². The minimum atomic E-state index is -0.0857. The molecule has 0 saturated carbocycles. The third kappa shape index (κ3) is 4.40. The average molecular weight is 368 g/mol. The molecule has 27 heavy (non-hydrogen) atoms. The lowest BCUT2D eigenvalue weighted by Crippen LogP contribution is -2.39. The van der Waals surface area contributed by atoms with Gasteiger partial charge in [0.05, 0.1) is 12.7 Å². The highest BCUT2D eigenvalue weighted by molar-refractivity contribution is 5.94. The summed E-state index contributed by atoms with van der Waals surface area (Å²) in [4.78, 5) is 14.7. The molecule has 2 aromatic carbocycles. The van der Waals surface area contributed by atoms with Crippen molar-refractivity contribution in [3.63, 3.8) is 0 Å². The largest absolute Gasteiger partial charge is 0.454 e. The van der Waals surface area contributed by atoms with Crippen LogP contribution in [0.4, 0.5) is 0 Å². The van der Waals surface area contributed by atoms with E-state index in [-0.39, 0.29) is 18.8 Å². The molecule has 0 radical (unpaired) electrons. The lowest BCUT2D eigenvalue weighted by Gasteiger charge is -2.33. The molecule has 1 amide bonds. The van der Waals surface area contributed by atoms with Gasteiger partial charge >= 0.3 is 0 Å². The van der Waals surface area contributed by atoms with Crippen LogP contribution in [0.2, 0.25) is 0 Å². The number of carbonyl (C=O) groups excluding carboxylic acids is 1. The first-order valence-electron chi connectivity index (χ1n) is 9.36. The fourth-order valence-corrected chi connectivity index (χ4v) is 3.42. The van der Waals surface area contributed by atoms with Crippen molar-refractivity contribution < 1.29 is 19.0 Å². The number of nitrogens with zero attached hydrogens (tertiary/aromatic N) is 1. The van der Waals surface area contributed by atoms with Crippen LogP contribution in [0, 0.1) is 0 Å². The molecule has 1 N–H and O–H groups in total. The van der Waals surface area contributed by atoms with Crippen molar-refractivity contribution in [3.8, 4) is 11.5 Å². The number of hydrogen-bond acceptors (Lipinski definition) is 5. The summed E-state index contributed by atoms with van der Waals surface area (Å²) in [7, 11) is 0. The number of carbonyl (C=O) groups is 1. The predicted octanol–water partition coefficient (Wildman–Crippen LogP) is 2.61. The predicted molar refractivity (Wildman–Crippen MR) is 101 cm³/mol. The Morgan fingerprint density at radius 2 is 1.96 bits per heavy atom. The molecule has 2 heterocycles. The first-order valence-corrected chi connectivity index (χ1v) is 9.36. The lowest BCUT2D eigenvalue weighted by atomic mass is 10.1. The number of nitrogens with one attached hydrogen (secondary N) is 1. The van der Waals surface area contributed by atoms with Crippen molar-refractivity contribution in [1.29, 1.82) is 0 Å². The van der Waals surface area contributed by atoms with Gasteiger partial charge in [-0.05, 0) is 30.2 Å². The molecule has 0 bridgehead atoms. The van der Waals surface area contributed by atoms with Crippen molar-refractivity contribution in [2.75, 3.05) is 39.6 Å². The Hall–Kier alpha value is -2.57. The number of amides is 1. The SMILES string of the molecule is O=C(NCCCN1CCO[C@@H](c2ccccc2)C1)c1ccc2c(c1)OCO2. The third-order valence-electron chi connectivity index (χ3n) is 4.89. The highest BCUT2D eigenvalue weighted by atomic mass is 16.7. The maximum absolute atomic E-state index is 12.3. The van der Waals surface area contributed by atoms with Crippen molar-refractivity contribution in [2.45, 2.75) is 12.5 Å². The van der Waals surface area contributed by atoms with Gasteiger partial charge in [-0.15, -0.1) is 0 Å². The molecule has 142 valence electrons. The van der Waals surface area contributed by atoms with Crippen molar-refractivity contribution in [1.82, 2.24) is 10.2 Å². The van der Waals surface area contributed by atoms with E-state index < -0.39 is 0 Å². The monoisotopic (exact) mass is 368 g/mol. The van der Waals surface area contributed by atoms with E-state index in [1.807, 2.05) is 18.2 Å². The average Bonchev–Trinajstić information content (AvgIpc) is 3.20. The highest BCUT2D eigenvalue weighted by Crippen LogP contribution is 2.32. The van der Waals surface area contributed by atoms with Gasteiger partial charge in [-0.3, -0.25) is 9.69 Å². The molecule has 2 aliphatic rings. The van der Waals surface area contributed by atoms with Crippen LogP contribution in [0.25, 0.3) is 0 Å². The maximum atomic E-state index is 12.3. The van der Waals surface area contributed by atoms with E-state index in [1.54, 1.807) is 18.2 Å². The van der Waals surface area contributed by atoms with Crippen molar-refractivity contribution in [3.05, 3.63) is 59.7 Å². The minimum absolute atomic E-state index is 0.0857. The van der Waals surface area contributed by atoms with Crippen LogP contribution in [-0.2, 0) is 4.74 Å². The number of hydrogen-bond donors (Lipinski definition) is 1. The second-order valence-corrected chi connectivity index (χ2v) is 6.75. The molecule has 1 fully saturated rings. The lowest BCUT2D eigenvalue weighted by molar-refractivity contribution is -0.0301. The molecule has 1 atom stereocenters. The molecular formula is C21H24N2O4. The second kappa shape index (κ2) is 8.41. The Morgan fingerprint density at radius 3 is 2.85 bits per heavy atom. The molecule has 0 aromatic heterocycles. The normalized spacial score (nSPS) is 19.0. The Morgan fingerprint density at radius 1 is 1.11 bits per heavy atom. The van der Waals surface area contributed by atoms with Gasteiger partial charge in [-0.25, -0.2) is 0 Å². The van der Waals surface area contributed by atoms with Gasteiger partial charge in [-0.1, -0.05) is 30.3 Å². The van der Waals surface area contributed by atoms with E-state index in [2.05, 4.69) is 22.3 Å². The van der Waals surface area contributed by atoms with Gasteiger partial charge in [0, 0.05) is 31.7 Å². The van der Waals surface area contributed by atoms with Gasteiger partial charge in [0.2, 0.25) is 6.79 Å². The van der Waals surface area contributed by atoms with Crippen LogP contribution >= 0.6 is 0 Å². The first kappa shape index (κ1) is 17.8. The van der Waals surface area contributed by atoms with Crippen molar-refractivity contribution in [2.24, 2.45) is 0 Å². The summed E-state index contributed by atoms with van der Waals surface area (Å²) in [6.45, 7) is 4.35. The first-order chi connectivity index (χ1) is 13.3. The van der Waals surface area contributed by atoms with Gasteiger partial charge in [0.25, 0.3) is 5.91 Å². The van der Waals surface area contributed by atoms with Gasteiger partial charge in [-0.2, -0.15) is 0 Å². The molecule has 0 unspecified atom stereocenters. The molecule has 2 aromatic rings. The Bertz CT molecular complexity index is 781. The van der Waals surface area contributed by atoms with Crippen LogP contribution in [-0.4, -0.2) is 50.4 Å². The van der Waals surface area contributed by atoms with E-state index in [0.29, 0.717) is 23.6 Å². The molecule has 0 aliphatic carbocycles. The molecule has 0 spiro atoms. The van der Waals surface area contributed by atoms with Crippen LogP contribution in [0.15, 0.2) is 48.5 Å². The van der Waals surface area contributed by atoms with E-state index in [0.717, 1.165) is 32.7 Å². The molecular weight excluding hydrogens is 344 g/mol. The quantitative estimate of drug-likeness (QED) is 0.795. The fraction of sp³-hybridized carbons (Fsp3) is 0.381. The van der Waals surface area contributed by atoms with Gasteiger partial charge in [0.15, 0.2) is 11.5 Å². The number of rotatable bonds is 6. The summed E-state index contributed by atoms with van der Waals surface area (Å²) in [5.41, 5.74) is 1.81. The van der Waals surface area contributed by atoms with Crippen LogP contribution in [0.3, 0.4) is 0 Å². The summed E-state index contributed by atoms with van der Waals surface area (Å²) >= 11 is 0. The minimum Gasteiger partial charge on any atom is -0.454 e. The van der Waals surface area contributed by atoms with E-state index in [1.165, 1.54) is 5.56 Å². The molecule has 6 nitrogen and oxygen atoms in total. The molecule has 4 rings (SSSR count). The zero-order chi connectivity index (χ0) is 18.5. The third-order valence-corrected chi connectivity index (χ3v) is 4.89. The Labute approximate surface area is 159 Å². The molecule has 2 aliphatic heterocycles. The van der Waals surface area contributed by atoms with Crippen LogP contribution in [0.1, 0.15) is 28.4 Å². The van der Waals surface area contributed by atoms with Gasteiger partial charge < -0.3 is 19.5 Å². The number of benzene rings is 2. The summed E-state index contributed by atoms with van der Waals surface area (Å²) in [6.07, 6.45) is 1.03. The molecule has 1 saturated heterocycles. The van der Waals surface area contributed by atoms with Crippen molar-refractivity contribution >= 4 is 5.91 Å². The summed E-state index contributed by atoms with van der Waals surface area (Å²) in [5.74, 6) is 1.23. The van der Waals surface area contributed by atoms with Crippen LogP contribution < -0.4 is 14.8 Å². The topological polar surface area (TPSA) is 60.0 Å². The van der Waals surface area contributed by atoms with E-state index in [4.69, 9.17) is 14.2 Å². The zero-order valence-electron chi connectivity index (χ0n) is 15.2. The van der Waals surface area contributed by atoms with E-state index >= 15 is 0 Å². The summed E-state index contributed by atoms with van der Waals surface area (Å²) in [6, 6.07) is 15.6. The Balaban J connectivity index is 1.21. The zero-order valence-corrected chi connectivity index (χ0v) is 15.2.